The number of ketones is 1. The van der Waals surface area contributed by atoms with Crippen LogP contribution in [0, 0.1) is 5.41 Å². The highest BCUT2D eigenvalue weighted by molar-refractivity contribution is 6.43. The topological polar surface area (TPSA) is 38.7 Å². The zero-order valence-corrected chi connectivity index (χ0v) is 18.8. The van der Waals surface area contributed by atoms with E-state index in [4.69, 9.17) is 4.84 Å². The van der Waals surface area contributed by atoms with Gasteiger partial charge in [-0.1, -0.05) is 126 Å². The van der Waals surface area contributed by atoms with E-state index in [-0.39, 0.29) is 5.78 Å². The lowest BCUT2D eigenvalue weighted by atomic mass is 9.64. The van der Waals surface area contributed by atoms with E-state index < -0.39 is 11.0 Å². The van der Waals surface area contributed by atoms with E-state index in [9.17, 15) is 4.79 Å². The van der Waals surface area contributed by atoms with Crippen LogP contribution >= 0.6 is 0 Å². The van der Waals surface area contributed by atoms with Crippen LogP contribution in [-0.4, -0.2) is 11.5 Å². The summed E-state index contributed by atoms with van der Waals surface area (Å²) in [5.74, 6) is 0.0153. The third-order valence-electron chi connectivity index (χ3n) is 7.09. The van der Waals surface area contributed by atoms with Gasteiger partial charge in [0.15, 0.2) is 5.78 Å². The summed E-state index contributed by atoms with van der Waals surface area (Å²) in [6.07, 6.45) is 0. The van der Waals surface area contributed by atoms with Crippen molar-refractivity contribution in [3.63, 3.8) is 0 Å². The number of rotatable bonds is 4. The Balaban J connectivity index is 1.72. The van der Waals surface area contributed by atoms with E-state index in [1.165, 1.54) is 0 Å². The van der Waals surface area contributed by atoms with Crippen molar-refractivity contribution in [2.24, 2.45) is 10.6 Å². The van der Waals surface area contributed by atoms with Crippen molar-refractivity contribution in [1.29, 1.82) is 0 Å². The molecule has 1 aliphatic heterocycles. The van der Waals surface area contributed by atoms with Crippen molar-refractivity contribution < 1.29 is 9.63 Å². The molecule has 1 heterocycles. The van der Waals surface area contributed by atoms with Gasteiger partial charge >= 0.3 is 0 Å². The molecule has 2 aliphatic rings. The van der Waals surface area contributed by atoms with Gasteiger partial charge in [-0.15, -0.1) is 0 Å². The van der Waals surface area contributed by atoms with E-state index in [0.29, 0.717) is 11.3 Å². The fourth-order valence-corrected chi connectivity index (χ4v) is 5.49. The van der Waals surface area contributed by atoms with Crippen molar-refractivity contribution in [3.8, 4) is 0 Å². The standard InChI is InChI=1S/C31H23NO2/c1-30-28(24-18-10-4-11-19-24)32-34-31(30,25-20-12-5-13-21-25)27(23-16-8-3-9-17-23)26(29(30)33)22-14-6-2-7-15-22/h2-21H,1H3/t30-,31+/m0/s1. The summed E-state index contributed by atoms with van der Waals surface area (Å²) in [5, 5.41) is 4.63. The molecule has 0 saturated carbocycles. The first-order chi connectivity index (χ1) is 16.7. The summed E-state index contributed by atoms with van der Waals surface area (Å²) in [5.41, 5.74) is 3.67. The van der Waals surface area contributed by atoms with Gasteiger partial charge < -0.3 is 4.84 Å². The Morgan fingerprint density at radius 3 is 1.65 bits per heavy atom. The van der Waals surface area contributed by atoms with E-state index in [2.05, 4.69) is 5.16 Å². The van der Waals surface area contributed by atoms with Crippen molar-refractivity contribution in [2.75, 3.05) is 0 Å². The molecule has 3 heteroatoms. The molecule has 0 radical (unpaired) electrons. The predicted molar refractivity (Wildman–Crippen MR) is 135 cm³/mol. The zero-order valence-electron chi connectivity index (χ0n) is 18.8. The number of benzene rings is 4. The SMILES string of the molecule is C[C@]12C(=O)C(c3ccccc3)=C(c3ccccc3)[C@@]1(c1ccccc1)ON=C2c1ccccc1. The quantitative estimate of drug-likeness (QED) is 0.362. The Hall–Kier alpha value is -4.24. The number of hydrogen-bond donors (Lipinski definition) is 0. The van der Waals surface area contributed by atoms with Gasteiger partial charge in [-0.05, 0) is 18.1 Å². The summed E-state index contributed by atoms with van der Waals surface area (Å²) in [4.78, 5) is 21.2. The molecular weight excluding hydrogens is 418 g/mol. The lowest BCUT2D eigenvalue weighted by Gasteiger charge is -2.37. The van der Waals surface area contributed by atoms with Gasteiger partial charge in [0.1, 0.15) is 11.1 Å². The summed E-state index contributed by atoms with van der Waals surface area (Å²) in [7, 11) is 0. The molecule has 164 valence electrons. The maximum Gasteiger partial charge on any atom is 0.207 e. The molecule has 3 nitrogen and oxygen atoms in total. The van der Waals surface area contributed by atoms with Gasteiger partial charge in [0.2, 0.25) is 5.60 Å². The number of Topliss-reactive ketones (excluding diaryl/α,β-unsaturated/α-hetero) is 1. The molecule has 0 bridgehead atoms. The summed E-state index contributed by atoms with van der Waals surface area (Å²) in [6, 6.07) is 39.9. The molecular formula is C31H23NO2. The molecule has 0 N–H and O–H groups in total. The maximum atomic E-state index is 14.6. The van der Waals surface area contributed by atoms with Crippen LogP contribution in [-0.2, 0) is 15.2 Å². The fraction of sp³-hybridized carbons (Fsp3) is 0.0968. The average molecular weight is 442 g/mol. The third-order valence-corrected chi connectivity index (χ3v) is 7.09. The van der Waals surface area contributed by atoms with Crippen molar-refractivity contribution >= 4 is 22.6 Å². The Bertz CT molecular complexity index is 1430. The van der Waals surface area contributed by atoms with Crippen LogP contribution in [0.2, 0.25) is 0 Å². The third kappa shape index (κ3) is 2.64. The number of hydrogen-bond acceptors (Lipinski definition) is 3. The molecule has 2 atom stereocenters. The Morgan fingerprint density at radius 1 is 0.618 bits per heavy atom. The van der Waals surface area contributed by atoms with E-state index in [0.717, 1.165) is 27.8 Å². The van der Waals surface area contributed by atoms with Crippen LogP contribution in [0.1, 0.15) is 29.2 Å². The van der Waals surface area contributed by atoms with Gasteiger partial charge in [-0.2, -0.15) is 0 Å². The van der Waals surface area contributed by atoms with Crippen LogP contribution in [0.4, 0.5) is 0 Å². The average Bonchev–Trinajstić information content (AvgIpc) is 3.32. The summed E-state index contributed by atoms with van der Waals surface area (Å²) >= 11 is 0. The van der Waals surface area contributed by atoms with Gasteiger partial charge in [-0.3, -0.25) is 4.79 Å². The van der Waals surface area contributed by atoms with Crippen LogP contribution in [0.3, 0.4) is 0 Å². The van der Waals surface area contributed by atoms with Crippen LogP contribution in [0.15, 0.2) is 126 Å². The number of carbonyl (C=O) groups excluding carboxylic acids is 1. The fourth-order valence-electron chi connectivity index (χ4n) is 5.49. The first-order valence-electron chi connectivity index (χ1n) is 11.5. The van der Waals surface area contributed by atoms with Crippen molar-refractivity contribution in [1.82, 2.24) is 0 Å². The Kier molecular flexibility index (Phi) is 4.59. The molecule has 0 unspecified atom stereocenters. The Labute approximate surface area is 199 Å². The van der Waals surface area contributed by atoms with E-state index in [1.807, 2.05) is 128 Å². The highest BCUT2D eigenvalue weighted by Gasteiger charge is 2.71. The van der Waals surface area contributed by atoms with E-state index >= 15 is 0 Å². The largest absolute Gasteiger partial charge is 0.378 e. The lowest BCUT2D eigenvalue weighted by Crippen LogP contribution is -2.47. The smallest absolute Gasteiger partial charge is 0.207 e. The zero-order chi connectivity index (χ0) is 23.2. The molecule has 4 aromatic rings. The minimum Gasteiger partial charge on any atom is -0.378 e. The van der Waals surface area contributed by atoms with Gasteiger partial charge in [-0.25, -0.2) is 0 Å². The van der Waals surface area contributed by atoms with Crippen LogP contribution in [0.5, 0.6) is 0 Å². The summed E-state index contributed by atoms with van der Waals surface area (Å²) < 4.78 is 0. The Morgan fingerprint density at radius 2 is 1.09 bits per heavy atom. The first kappa shape index (κ1) is 20.4. The number of nitrogens with zero attached hydrogens (tertiary/aromatic N) is 1. The molecule has 1 aliphatic carbocycles. The number of fused-ring (bicyclic) bond motifs is 1. The monoisotopic (exact) mass is 441 g/mol. The minimum absolute atomic E-state index is 0.0153. The van der Waals surface area contributed by atoms with Gasteiger partial charge in [0.05, 0.1) is 0 Å². The molecule has 0 amide bonds. The lowest BCUT2D eigenvalue weighted by molar-refractivity contribution is -0.126. The molecule has 34 heavy (non-hydrogen) atoms. The van der Waals surface area contributed by atoms with Gasteiger partial charge in [0.25, 0.3) is 0 Å². The molecule has 0 aromatic heterocycles. The second-order valence-electron chi connectivity index (χ2n) is 8.88. The van der Waals surface area contributed by atoms with E-state index in [1.54, 1.807) is 0 Å². The van der Waals surface area contributed by atoms with Crippen molar-refractivity contribution in [2.45, 2.75) is 12.5 Å². The minimum atomic E-state index is -1.09. The first-order valence-corrected chi connectivity index (χ1v) is 11.5. The molecule has 0 spiro atoms. The molecule has 4 aromatic carbocycles. The molecule has 0 saturated heterocycles. The molecule has 0 fully saturated rings. The van der Waals surface area contributed by atoms with Crippen LogP contribution in [0.25, 0.3) is 11.1 Å². The van der Waals surface area contributed by atoms with Gasteiger partial charge in [0, 0.05) is 22.3 Å². The second-order valence-corrected chi connectivity index (χ2v) is 8.88. The number of allylic oxidation sites excluding steroid dienone is 1. The predicted octanol–water partition coefficient (Wildman–Crippen LogP) is 6.52. The second kappa shape index (κ2) is 7.67. The normalized spacial score (nSPS) is 23.4. The highest BCUT2D eigenvalue weighted by atomic mass is 16.7. The highest BCUT2D eigenvalue weighted by Crippen LogP contribution is 2.65. The molecule has 6 rings (SSSR count). The summed E-state index contributed by atoms with van der Waals surface area (Å²) in [6.45, 7) is 1.99. The maximum absolute atomic E-state index is 14.6. The number of oxime groups is 1. The van der Waals surface area contributed by atoms with Crippen molar-refractivity contribution in [3.05, 3.63) is 144 Å². The number of carbonyl (C=O) groups is 1. The van der Waals surface area contributed by atoms with Crippen LogP contribution < -0.4 is 0 Å².